The molecule has 8 heteroatoms. The maximum Gasteiger partial charge on any atom is 0.225 e. The summed E-state index contributed by atoms with van der Waals surface area (Å²) in [5.41, 5.74) is 0. The number of hydrogen-bond acceptors (Lipinski definition) is 5. The number of rotatable bonds is 6. The lowest BCUT2D eigenvalue weighted by Crippen LogP contribution is -2.53. The van der Waals surface area contributed by atoms with E-state index in [1.807, 2.05) is 4.90 Å². The summed E-state index contributed by atoms with van der Waals surface area (Å²) in [6.45, 7) is 5.68. The van der Waals surface area contributed by atoms with Crippen molar-refractivity contribution in [3.8, 4) is 0 Å². The molecule has 0 aromatic rings. The number of morpholine rings is 1. The Bertz CT molecular complexity index is 544. The molecule has 1 aliphatic carbocycles. The van der Waals surface area contributed by atoms with Gasteiger partial charge in [-0.2, -0.15) is 4.31 Å². The van der Waals surface area contributed by atoms with Gasteiger partial charge in [0.05, 0.1) is 19.5 Å². The quantitative estimate of drug-likeness (QED) is 0.667. The van der Waals surface area contributed by atoms with Gasteiger partial charge in [-0.15, -0.1) is 0 Å². The second-order valence-electron chi connectivity index (χ2n) is 7.18. The van der Waals surface area contributed by atoms with E-state index in [4.69, 9.17) is 4.74 Å². The fourth-order valence-electron chi connectivity index (χ4n) is 3.66. The van der Waals surface area contributed by atoms with Gasteiger partial charge < -0.3 is 9.64 Å². The summed E-state index contributed by atoms with van der Waals surface area (Å²) in [4.78, 5) is 16.5. The van der Waals surface area contributed by atoms with Crippen LogP contribution in [0, 0.1) is 5.92 Å². The molecule has 2 saturated heterocycles. The topological polar surface area (TPSA) is 70.2 Å². The Morgan fingerprint density at radius 1 is 1.17 bits per heavy atom. The number of piperidine rings is 1. The molecule has 0 aromatic carbocycles. The first-order chi connectivity index (χ1) is 11.4. The second-order valence-corrected chi connectivity index (χ2v) is 9.12. The van der Waals surface area contributed by atoms with Crippen LogP contribution in [0.2, 0.25) is 0 Å². The molecule has 138 valence electrons. The lowest BCUT2D eigenvalue weighted by atomic mass is 10.0. The van der Waals surface area contributed by atoms with E-state index in [1.165, 1.54) is 6.26 Å². The van der Waals surface area contributed by atoms with Gasteiger partial charge in [0, 0.05) is 51.2 Å². The minimum absolute atomic E-state index is 0.0857. The van der Waals surface area contributed by atoms with Crippen molar-refractivity contribution in [1.82, 2.24) is 14.1 Å². The smallest absolute Gasteiger partial charge is 0.225 e. The molecule has 0 aromatic heterocycles. The molecule has 1 atom stereocenters. The summed E-state index contributed by atoms with van der Waals surface area (Å²) in [7, 11) is -3.28. The van der Waals surface area contributed by atoms with Gasteiger partial charge in [0.1, 0.15) is 0 Å². The zero-order valence-electron chi connectivity index (χ0n) is 14.5. The normalized spacial score (nSPS) is 26.8. The molecule has 0 bridgehead atoms. The van der Waals surface area contributed by atoms with Crippen molar-refractivity contribution in [2.45, 2.75) is 31.7 Å². The van der Waals surface area contributed by atoms with Crippen molar-refractivity contribution in [2.75, 3.05) is 58.7 Å². The molecular weight excluding hydrogens is 330 g/mol. The summed E-state index contributed by atoms with van der Waals surface area (Å²) in [6, 6.07) is -0.0857. The molecule has 7 nitrogen and oxygen atoms in total. The summed E-state index contributed by atoms with van der Waals surface area (Å²) in [5, 5.41) is 0. The third kappa shape index (κ3) is 4.68. The van der Waals surface area contributed by atoms with Crippen LogP contribution < -0.4 is 0 Å². The minimum Gasteiger partial charge on any atom is -0.379 e. The number of hydrogen-bond donors (Lipinski definition) is 0. The molecule has 1 unspecified atom stereocenters. The van der Waals surface area contributed by atoms with Crippen LogP contribution in [0.25, 0.3) is 0 Å². The molecule has 3 fully saturated rings. The Morgan fingerprint density at radius 2 is 1.88 bits per heavy atom. The van der Waals surface area contributed by atoms with Gasteiger partial charge in [0.25, 0.3) is 0 Å². The standard InChI is InChI=1S/C16H29N3O4S/c1-24(21,22)19(8-7-17-9-11-23-12-10-17)15-3-2-6-18(13-15)16(20)14-4-5-14/h14-15H,2-13H2,1H3. The van der Waals surface area contributed by atoms with E-state index in [2.05, 4.69) is 4.90 Å². The van der Waals surface area contributed by atoms with Crippen molar-refractivity contribution >= 4 is 15.9 Å². The lowest BCUT2D eigenvalue weighted by molar-refractivity contribution is -0.134. The van der Waals surface area contributed by atoms with Crippen LogP contribution in [0.3, 0.4) is 0 Å². The number of sulfonamides is 1. The predicted molar refractivity (Wildman–Crippen MR) is 91.1 cm³/mol. The highest BCUT2D eigenvalue weighted by atomic mass is 32.2. The lowest BCUT2D eigenvalue weighted by Gasteiger charge is -2.39. The van der Waals surface area contributed by atoms with Crippen LogP contribution in [0.1, 0.15) is 25.7 Å². The zero-order chi connectivity index (χ0) is 17.2. The third-order valence-corrected chi connectivity index (χ3v) is 6.54. The van der Waals surface area contributed by atoms with Crippen molar-refractivity contribution in [3.63, 3.8) is 0 Å². The molecule has 1 saturated carbocycles. The molecule has 2 heterocycles. The van der Waals surface area contributed by atoms with E-state index in [0.717, 1.165) is 51.9 Å². The fourth-order valence-corrected chi connectivity index (χ4v) is 4.79. The van der Waals surface area contributed by atoms with Crippen molar-refractivity contribution in [1.29, 1.82) is 0 Å². The van der Waals surface area contributed by atoms with Crippen LogP contribution in [0.4, 0.5) is 0 Å². The van der Waals surface area contributed by atoms with Crippen molar-refractivity contribution in [3.05, 3.63) is 0 Å². The predicted octanol–water partition coefficient (Wildman–Crippen LogP) is -0.0188. The Kier molecular flexibility index (Phi) is 5.79. The van der Waals surface area contributed by atoms with E-state index in [-0.39, 0.29) is 17.9 Å². The van der Waals surface area contributed by atoms with Crippen LogP contribution in [-0.4, -0.2) is 93.2 Å². The number of carbonyl (C=O) groups is 1. The molecule has 2 aliphatic heterocycles. The first-order valence-electron chi connectivity index (χ1n) is 9.01. The number of carbonyl (C=O) groups excluding carboxylic acids is 1. The largest absolute Gasteiger partial charge is 0.379 e. The average molecular weight is 359 g/mol. The van der Waals surface area contributed by atoms with Gasteiger partial charge >= 0.3 is 0 Å². The molecule has 0 N–H and O–H groups in total. The molecule has 0 spiro atoms. The molecule has 0 radical (unpaired) electrons. The van der Waals surface area contributed by atoms with Crippen LogP contribution in [0.15, 0.2) is 0 Å². The number of nitrogens with zero attached hydrogens (tertiary/aromatic N) is 3. The maximum absolute atomic E-state index is 12.3. The van der Waals surface area contributed by atoms with E-state index in [0.29, 0.717) is 26.3 Å². The van der Waals surface area contributed by atoms with E-state index in [1.54, 1.807) is 4.31 Å². The molecular formula is C16H29N3O4S. The molecule has 3 aliphatic rings. The van der Waals surface area contributed by atoms with Gasteiger partial charge in [0.2, 0.25) is 15.9 Å². The molecule has 1 amide bonds. The van der Waals surface area contributed by atoms with Gasteiger partial charge in [-0.05, 0) is 25.7 Å². The minimum atomic E-state index is -3.28. The third-order valence-electron chi connectivity index (χ3n) is 5.21. The van der Waals surface area contributed by atoms with Gasteiger partial charge in [-0.25, -0.2) is 8.42 Å². The highest BCUT2D eigenvalue weighted by Crippen LogP contribution is 2.32. The van der Waals surface area contributed by atoms with Gasteiger partial charge in [-0.1, -0.05) is 0 Å². The maximum atomic E-state index is 12.3. The Hall–Kier alpha value is -0.700. The first-order valence-corrected chi connectivity index (χ1v) is 10.9. The number of amides is 1. The van der Waals surface area contributed by atoms with Crippen LogP contribution in [-0.2, 0) is 19.6 Å². The Balaban J connectivity index is 1.60. The van der Waals surface area contributed by atoms with Crippen molar-refractivity contribution < 1.29 is 17.9 Å². The van der Waals surface area contributed by atoms with Crippen LogP contribution >= 0.6 is 0 Å². The molecule has 3 rings (SSSR count). The Morgan fingerprint density at radius 3 is 2.50 bits per heavy atom. The van der Waals surface area contributed by atoms with Crippen molar-refractivity contribution in [2.24, 2.45) is 5.92 Å². The SMILES string of the molecule is CS(=O)(=O)N(CCN1CCOCC1)C1CCCN(C(=O)C2CC2)C1. The zero-order valence-corrected chi connectivity index (χ0v) is 15.3. The number of likely N-dealkylation sites (tertiary alicyclic amines) is 1. The highest BCUT2D eigenvalue weighted by Gasteiger charge is 2.38. The summed E-state index contributed by atoms with van der Waals surface area (Å²) >= 11 is 0. The van der Waals surface area contributed by atoms with E-state index in [9.17, 15) is 13.2 Å². The Labute approximate surface area is 145 Å². The monoisotopic (exact) mass is 359 g/mol. The van der Waals surface area contributed by atoms with E-state index < -0.39 is 10.0 Å². The van der Waals surface area contributed by atoms with Crippen LogP contribution in [0.5, 0.6) is 0 Å². The summed E-state index contributed by atoms with van der Waals surface area (Å²) < 4.78 is 31.6. The fraction of sp³-hybridized carbons (Fsp3) is 0.938. The summed E-state index contributed by atoms with van der Waals surface area (Å²) in [6.07, 6.45) is 4.99. The second kappa shape index (κ2) is 7.68. The molecule has 24 heavy (non-hydrogen) atoms. The summed E-state index contributed by atoms with van der Waals surface area (Å²) in [5.74, 6) is 0.421. The van der Waals surface area contributed by atoms with Gasteiger partial charge in [0.15, 0.2) is 0 Å². The average Bonchev–Trinajstić information content (AvgIpc) is 3.39. The van der Waals surface area contributed by atoms with E-state index >= 15 is 0 Å². The number of ether oxygens (including phenoxy) is 1. The highest BCUT2D eigenvalue weighted by molar-refractivity contribution is 7.88. The first kappa shape index (κ1) is 18.1. The van der Waals surface area contributed by atoms with Gasteiger partial charge in [-0.3, -0.25) is 9.69 Å².